The molecule has 1 aromatic carbocycles. The standard InChI is InChI=1S/C12H10BrNO2S/c1-7-3-2-4-9(15)11(7)14-12(16)8-5-10(13)17-6-8/h2-6,15H,1H3,(H,14,16). The van der Waals surface area contributed by atoms with Crippen LogP contribution >= 0.6 is 27.3 Å². The number of phenolic OH excluding ortho intramolecular Hbond substituents is 1. The highest BCUT2D eigenvalue weighted by molar-refractivity contribution is 9.11. The quantitative estimate of drug-likeness (QED) is 0.829. The van der Waals surface area contributed by atoms with Crippen LogP contribution in [0.2, 0.25) is 0 Å². The van der Waals surface area contributed by atoms with Gasteiger partial charge in [-0.05, 0) is 40.5 Å². The summed E-state index contributed by atoms with van der Waals surface area (Å²) < 4.78 is 0.900. The van der Waals surface area contributed by atoms with Gasteiger partial charge >= 0.3 is 0 Å². The zero-order chi connectivity index (χ0) is 12.4. The third-order valence-corrected chi connectivity index (χ3v) is 3.82. The normalized spacial score (nSPS) is 10.2. The van der Waals surface area contributed by atoms with Crippen LogP contribution in [0.4, 0.5) is 5.69 Å². The van der Waals surface area contributed by atoms with E-state index in [4.69, 9.17) is 0 Å². The molecule has 1 aromatic heterocycles. The lowest BCUT2D eigenvalue weighted by Gasteiger charge is -2.09. The molecule has 0 fully saturated rings. The molecule has 88 valence electrons. The Morgan fingerprint density at radius 3 is 2.82 bits per heavy atom. The molecular weight excluding hydrogens is 302 g/mol. The number of hydrogen-bond donors (Lipinski definition) is 2. The third-order valence-electron chi connectivity index (χ3n) is 2.32. The summed E-state index contributed by atoms with van der Waals surface area (Å²) in [6.45, 7) is 1.83. The zero-order valence-corrected chi connectivity index (χ0v) is 11.4. The summed E-state index contributed by atoms with van der Waals surface area (Å²) in [5.74, 6) is -0.149. The highest BCUT2D eigenvalue weighted by Crippen LogP contribution is 2.28. The molecule has 0 aliphatic rings. The van der Waals surface area contributed by atoms with Crippen LogP contribution in [-0.2, 0) is 0 Å². The number of carbonyl (C=O) groups is 1. The largest absolute Gasteiger partial charge is 0.506 e. The van der Waals surface area contributed by atoms with Gasteiger partial charge in [0.1, 0.15) is 5.75 Å². The molecule has 0 unspecified atom stereocenters. The van der Waals surface area contributed by atoms with E-state index in [-0.39, 0.29) is 11.7 Å². The number of anilines is 1. The van der Waals surface area contributed by atoms with Gasteiger partial charge < -0.3 is 10.4 Å². The minimum absolute atomic E-state index is 0.0765. The van der Waals surface area contributed by atoms with E-state index in [1.165, 1.54) is 11.3 Å². The van der Waals surface area contributed by atoms with Gasteiger partial charge in [0.15, 0.2) is 0 Å². The van der Waals surface area contributed by atoms with Crippen molar-refractivity contribution in [3.63, 3.8) is 0 Å². The van der Waals surface area contributed by atoms with Gasteiger partial charge in [-0.2, -0.15) is 0 Å². The van der Waals surface area contributed by atoms with E-state index in [9.17, 15) is 9.90 Å². The number of thiophene rings is 1. The molecule has 5 heteroatoms. The fraction of sp³-hybridized carbons (Fsp3) is 0.0833. The molecule has 0 atom stereocenters. The van der Waals surface area contributed by atoms with E-state index >= 15 is 0 Å². The molecule has 0 aliphatic carbocycles. The van der Waals surface area contributed by atoms with Gasteiger partial charge in [0.05, 0.1) is 15.0 Å². The van der Waals surface area contributed by atoms with Crippen molar-refractivity contribution in [1.82, 2.24) is 0 Å². The Balaban J connectivity index is 2.24. The molecule has 1 amide bonds. The molecule has 1 heterocycles. The molecule has 3 nitrogen and oxygen atoms in total. The summed E-state index contributed by atoms with van der Waals surface area (Å²) >= 11 is 4.75. The summed E-state index contributed by atoms with van der Waals surface area (Å²) in [5.41, 5.74) is 1.86. The van der Waals surface area contributed by atoms with Gasteiger partial charge in [-0.15, -0.1) is 11.3 Å². The van der Waals surface area contributed by atoms with Crippen molar-refractivity contribution in [2.75, 3.05) is 5.32 Å². The van der Waals surface area contributed by atoms with Crippen molar-refractivity contribution in [2.45, 2.75) is 6.92 Å². The van der Waals surface area contributed by atoms with E-state index in [1.54, 1.807) is 23.6 Å². The van der Waals surface area contributed by atoms with Crippen LogP contribution in [-0.4, -0.2) is 11.0 Å². The van der Waals surface area contributed by atoms with Crippen LogP contribution in [0.3, 0.4) is 0 Å². The molecule has 2 rings (SSSR count). The number of aromatic hydroxyl groups is 1. The Morgan fingerprint density at radius 1 is 1.47 bits per heavy atom. The number of benzene rings is 1. The predicted molar refractivity (Wildman–Crippen MR) is 72.8 cm³/mol. The highest BCUT2D eigenvalue weighted by atomic mass is 79.9. The van der Waals surface area contributed by atoms with E-state index in [2.05, 4.69) is 21.2 Å². The zero-order valence-electron chi connectivity index (χ0n) is 9.03. The molecule has 0 spiro atoms. The van der Waals surface area contributed by atoms with Gasteiger partial charge in [-0.25, -0.2) is 0 Å². The average Bonchev–Trinajstić information content (AvgIpc) is 2.70. The summed E-state index contributed by atoms with van der Waals surface area (Å²) in [5, 5.41) is 14.1. The molecule has 0 aliphatic heterocycles. The van der Waals surface area contributed by atoms with Crippen LogP contribution in [0.1, 0.15) is 15.9 Å². The van der Waals surface area contributed by atoms with Crippen molar-refractivity contribution in [2.24, 2.45) is 0 Å². The summed E-state index contributed by atoms with van der Waals surface area (Å²) in [6, 6.07) is 6.86. The second kappa shape index (κ2) is 4.89. The monoisotopic (exact) mass is 311 g/mol. The van der Waals surface area contributed by atoms with E-state index in [0.29, 0.717) is 11.3 Å². The van der Waals surface area contributed by atoms with Gasteiger partial charge in [0, 0.05) is 5.38 Å². The average molecular weight is 312 g/mol. The molecular formula is C12H10BrNO2S. The molecule has 0 bridgehead atoms. The first-order valence-electron chi connectivity index (χ1n) is 4.92. The van der Waals surface area contributed by atoms with Crippen LogP contribution in [0.15, 0.2) is 33.4 Å². The smallest absolute Gasteiger partial charge is 0.256 e. The minimum atomic E-state index is -0.225. The molecule has 2 N–H and O–H groups in total. The van der Waals surface area contributed by atoms with Crippen LogP contribution in [0.5, 0.6) is 5.75 Å². The Labute approximate surface area is 111 Å². The van der Waals surface area contributed by atoms with Crippen molar-refractivity contribution < 1.29 is 9.90 Å². The van der Waals surface area contributed by atoms with Crippen molar-refractivity contribution >= 4 is 38.9 Å². The van der Waals surface area contributed by atoms with Gasteiger partial charge in [-0.3, -0.25) is 4.79 Å². The molecule has 17 heavy (non-hydrogen) atoms. The number of amides is 1. The van der Waals surface area contributed by atoms with E-state index in [1.807, 2.05) is 13.0 Å². The van der Waals surface area contributed by atoms with Crippen LogP contribution < -0.4 is 5.32 Å². The maximum absolute atomic E-state index is 11.9. The fourth-order valence-corrected chi connectivity index (χ4v) is 2.57. The predicted octanol–water partition coefficient (Wildman–Crippen LogP) is 3.78. The highest BCUT2D eigenvalue weighted by Gasteiger charge is 2.12. The number of phenols is 1. The topological polar surface area (TPSA) is 49.3 Å². The Kier molecular flexibility index (Phi) is 3.49. The van der Waals surface area contributed by atoms with Crippen molar-refractivity contribution in [3.05, 3.63) is 44.6 Å². The first-order valence-corrected chi connectivity index (χ1v) is 6.59. The fourth-order valence-electron chi connectivity index (χ4n) is 1.43. The summed E-state index contributed by atoms with van der Waals surface area (Å²) in [7, 11) is 0. The first-order chi connectivity index (χ1) is 8.08. The second-order valence-corrected chi connectivity index (χ2v) is 5.85. The lowest BCUT2D eigenvalue weighted by molar-refractivity contribution is 0.102. The SMILES string of the molecule is Cc1cccc(O)c1NC(=O)c1csc(Br)c1. The molecule has 0 saturated carbocycles. The number of hydrogen-bond acceptors (Lipinski definition) is 3. The number of carbonyl (C=O) groups excluding carboxylic acids is 1. The molecule has 2 aromatic rings. The first kappa shape index (κ1) is 12.1. The van der Waals surface area contributed by atoms with E-state index < -0.39 is 0 Å². The lowest BCUT2D eigenvalue weighted by atomic mass is 10.2. The number of nitrogens with one attached hydrogen (secondary N) is 1. The second-order valence-electron chi connectivity index (χ2n) is 3.56. The van der Waals surface area contributed by atoms with Gasteiger partial charge in [0.2, 0.25) is 0 Å². The van der Waals surface area contributed by atoms with Gasteiger partial charge in [0.25, 0.3) is 5.91 Å². The molecule has 0 saturated heterocycles. The number of aryl methyl sites for hydroxylation is 1. The summed E-state index contributed by atoms with van der Waals surface area (Å²) in [4.78, 5) is 11.9. The van der Waals surface area contributed by atoms with E-state index in [0.717, 1.165) is 9.35 Å². The van der Waals surface area contributed by atoms with Crippen molar-refractivity contribution in [3.8, 4) is 5.75 Å². The number of rotatable bonds is 2. The third kappa shape index (κ3) is 2.68. The maximum atomic E-state index is 11.9. The van der Waals surface area contributed by atoms with Crippen molar-refractivity contribution in [1.29, 1.82) is 0 Å². The Hall–Kier alpha value is -1.33. The van der Waals surface area contributed by atoms with Gasteiger partial charge in [-0.1, -0.05) is 12.1 Å². The Bertz CT molecular complexity index is 545. The number of para-hydroxylation sites is 1. The lowest BCUT2D eigenvalue weighted by Crippen LogP contribution is -2.11. The molecule has 0 radical (unpaired) electrons. The Morgan fingerprint density at radius 2 is 2.24 bits per heavy atom. The summed E-state index contributed by atoms with van der Waals surface area (Å²) in [6.07, 6.45) is 0. The van der Waals surface area contributed by atoms with Crippen LogP contribution in [0.25, 0.3) is 0 Å². The maximum Gasteiger partial charge on any atom is 0.256 e. The minimum Gasteiger partial charge on any atom is -0.506 e. The van der Waals surface area contributed by atoms with Crippen LogP contribution in [0, 0.1) is 6.92 Å². The number of halogens is 1.